The quantitative estimate of drug-likeness (QED) is 0.600. The monoisotopic (exact) mass is 355 g/mol. The van der Waals surface area contributed by atoms with E-state index in [0.29, 0.717) is 6.42 Å². The summed E-state index contributed by atoms with van der Waals surface area (Å²) in [6.07, 6.45) is 4.67. The SMILES string of the molecule is CSc1ccc(C=C(CCC(=O)O)c2nc3ccccc3s2)cc1. The number of allylic oxidation sites excluding steroid dienone is 1. The molecule has 0 radical (unpaired) electrons. The maximum Gasteiger partial charge on any atom is 0.303 e. The number of aromatic nitrogens is 1. The van der Waals surface area contributed by atoms with Crippen molar-refractivity contribution in [1.29, 1.82) is 0 Å². The number of rotatable bonds is 6. The van der Waals surface area contributed by atoms with E-state index in [1.807, 2.05) is 36.6 Å². The summed E-state index contributed by atoms with van der Waals surface area (Å²) in [4.78, 5) is 16.9. The summed E-state index contributed by atoms with van der Waals surface area (Å²) in [5, 5.41) is 9.93. The molecule has 0 aliphatic heterocycles. The van der Waals surface area contributed by atoms with Gasteiger partial charge in [-0.3, -0.25) is 4.79 Å². The molecule has 0 bridgehead atoms. The molecule has 0 saturated heterocycles. The van der Waals surface area contributed by atoms with Gasteiger partial charge in [0.1, 0.15) is 5.01 Å². The Hall–Kier alpha value is -2.11. The second-order valence-electron chi connectivity index (χ2n) is 5.32. The Bertz CT molecular complexity index is 849. The Morgan fingerprint density at radius 2 is 1.92 bits per heavy atom. The molecule has 0 saturated carbocycles. The van der Waals surface area contributed by atoms with Gasteiger partial charge in [-0.15, -0.1) is 23.1 Å². The molecule has 0 spiro atoms. The minimum absolute atomic E-state index is 0.102. The summed E-state index contributed by atoms with van der Waals surface area (Å²) in [7, 11) is 0. The summed E-state index contributed by atoms with van der Waals surface area (Å²) in [5.74, 6) is -0.792. The summed E-state index contributed by atoms with van der Waals surface area (Å²) in [5.41, 5.74) is 2.99. The molecule has 1 aromatic heterocycles. The number of fused-ring (bicyclic) bond motifs is 1. The Kier molecular flexibility index (Phi) is 5.33. The van der Waals surface area contributed by atoms with Crippen LogP contribution in [0.3, 0.4) is 0 Å². The first-order chi connectivity index (χ1) is 11.7. The summed E-state index contributed by atoms with van der Waals surface area (Å²) >= 11 is 3.31. The fourth-order valence-corrected chi connectivity index (χ4v) is 3.81. The zero-order chi connectivity index (χ0) is 16.9. The maximum atomic E-state index is 11.0. The molecule has 1 heterocycles. The highest BCUT2D eigenvalue weighted by Gasteiger charge is 2.11. The van der Waals surface area contributed by atoms with E-state index >= 15 is 0 Å². The fraction of sp³-hybridized carbons (Fsp3) is 0.158. The van der Waals surface area contributed by atoms with Crippen molar-refractivity contribution >= 4 is 50.9 Å². The second kappa shape index (κ2) is 7.64. The Morgan fingerprint density at radius 1 is 1.17 bits per heavy atom. The number of para-hydroxylation sites is 1. The van der Waals surface area contributed by atoms with Gasteiger partial charge < -0.3 is 5.11 Å². The van der Waals surface area contributed by atoms with Crippen LogP contribution in [-0.2, 0) is 4.79 Å². The summed E-state index contributed by atoms with van der Waals surface area (Å²) in [6, 6.07) is 16.2. The van der Waals surface area contributed by atoms with Gasteiger partial charge in [0.25, 0.3) is 0 Å². The van der Waals surface area contributed by atoms with E-state index in [0.717, 1.165) is 26.4 Å². The molecular formula is C19H17NO2S2. The van der Waals surface area contributed by atoms with E-state index in [2.05, 4.69) is 29.2 Å². The molecule has 122 valence electrons. The highest BCUT2D eigenvalue weighted by atomic mass is 32.2. The maximum absolute atomic E-state index is 11.0. The van der Waals surface area contributed by atoms with Crippen molar-refractivity contribution in [3.8, 4) is 0 Å². The minimum atomic E-state index is -0.792. The van der Waals surface area contributed by atoms with Crippen molar-refractivity contribution in [1.82, 2.24) is 4.98 Å². The highest BCUT2D eigenvalue weighted by molar-refractivity contribution is 7.98. The first kappa shape index (κ1) is 16.7. The lowest BCUT2D eigenvalue weighted by atomic mass is 10.1. The van der Waals surface area contributed by atoms with Crippen LogP contribution in [-0.4, -0.2) is 22.3 Å². The van der Waals surface area contributed by atoms with Gasteiger partial charge >= 0.3 is 5.97 Å². The topological polar surface area (TPSA) is 50.2 Å². The van der Waals surface area contributed by atoms with Crippen LogP contribution in [0.25, 0.3) is 21.9 Å². The lowest BCUT2D eigenvalue weighted by Crippen LogP contribution is -1.95. The van der Waals surface area contributed by atoms with E-state index in [1.165, 1.54) is 4.90 Å². The third-order valence-electron chi connectivity index (χ3n) is 3.63. The number of carboxylic acids is 1. The molecular weight excluding hydrogens is 338 g/mol. The van der Waals surface area contributed by atoms with E-state index in [9.17, 15) is 4.79 Å². The number of thiazole rings is 1. The van der Waals surface area contributed by atoms with E-state index in [1.54, 1.807) is 23.1 Å². The van der Waals surface area contributed by atoms with Gasteiger partial charge in [-0.1, -0.05) is 24.3 Å². The predicted octanol–water partition coefficient (Wildman–Crippen LogP) is 5.42. The third kappa shape index (κ3) is 4.04. The number of benzene rings is 2. The van der Waals surface area contributed by atoms with Crippen molar-refractivity contribution in [3.05, 3.63) is 59.1 Å². The summed E-state index contributed by atoms with van der Waals surface area (Å²) < 4.78 is 1.12. The molecule has 0 fully saturated rings. The Morgan fingerprint density at radius 3 is 2.58 bits per heavy atom. The molecule has 5 heteroatoms. The number of aliphatic carboxylic acids is 1. The van der Waals surface area contributed by atoms with Gasteiger partial charge in [0.15, 0.2) is 0 Å². The highest BCUT2D eigenvalue weighted by Crippen LogP contribution is 2.31. The lowest BCUT2D eigenvalue weighted by molar-refractivity contribution is -0.136. The number of thioether (sulfide) groups is 1. The number of hydrogen-bond acceptors (Lipinski definition) is 4. The molecule has 0 unspecified atom stereocenters. The molecule has 2 aromatic carbocycles. The van der Waals surface area contributed by atoms with Crippen LogP contribution in [0, 0.1) is 0 Å². The standard InChI is InChI=1S/C19H17NO2S2/c1-23-15-9-6-13(7-10-15)12-14(8-11-18(21)22)19-20-16-4-2-3-5-17(16)24-19/h2-7,9-10,12H,8,11H2,1H3,(H,21,22). The zero-order valence-electron chi connectivity index (χ0n) is 13.2. The normalized spacial score (nSPS) is 11.8. The molecule has 24 heavy (non-hydrogen) atoms. The number of carboxylic acid groups (broad SMARTS) is 1. The second-order valence-corrected chi connectivity index (χ2v) is 7.23. The number of nitrogens with zero attached hydrogens (tertiary/aromatic N) is 1. The molecule has 0 atom stereocenters. The molecule has 0 amide bonds. The first-order valence-corrected chi connectivity index (χ1v) is 9.62. The Labute approximate surface area is 149 Å². The van der Waals surface area contributed by atoms with Crippen molar-refractivity contribution < 1.29 is 9.90 Å². The van der Waals surface area contributed by atoms with Gasteiger partial charge in [-0.2, -0.15) is 0 Å². The van der Waals surface area contributed by atoms with E-state index < -0.39 is 5.97 Å². The van der Waals surface area contributed by atoms with Gasteiger partial charge in [0.05, 0.1) is 10.2 Å². The molecule has 3 aromatic rings. The lowest BCUT2D eigenvalue weighted by Gasteiger charge is -2.04. The first-order valence-electron chi connectivity index (χ1n) is 7.58. The van der Waals surface area contributed by atoms with Crippen molar-refractivity contribution in [2.75, 3.05) is 6.26 Å². The van der Waals surface area contributed by atoms with Gasteiger partial charge in [0, 0.05) is 11.3 Å². The van der Waals surface area contributed by atoms with Crippen LogP contribution < -0.4 is 0 Å². The van der Waals surface area contributed by atoms with Gasteiger partial charge in [-0.05, 0) is 54.2 Å². The zero-order valence-corrected chi connectivity index (χ0v) is 14.9. The van der Waals surface area contributed by atoms with Crippen LogP contribution in [0.15, 0.2) is 53.4 Å². The van der Waals surface area contributed by atoms with E-state index in [4.69, 9.17) is 5.11 Å². The van der Waals surface area contributed by atoms with Gasteiger partial charge in [0.2, 0.25) is 0 Å². The minimum Gasteiger partial charge on any atom is -0.481 e. The van der Waals surface area contributed by atoms with E-state index in [-0.39, 0.29) is 6.42 Å². The molecule has 3 rings (SSSR count). The average molecular weight is 355 g/mol. The average Bonchev–Trinajstić information content (AvgIpc) is 3.03. The van der Waals surface area contributed by atoms with Crippen LogP contribution in [0.5, 0.6) is 0 Å². The number of carbonyl (C=O) groups is 1. The largest absolute Gasteiger partial charge is 0.481 e. The fourth-order valence-electron chi connectivity index (χ4n) is 2.39. The number of hydrogen-bond donors (Lipinski definition) is 1. The smallest absolute Gasteiger partial charge is 0.303 e. The van der Waals surface area contributed by atoms with Crippen LogP contribution in [0.4, 0.5) is 0 Å². The van der Waals surface area contributed by atoms with Crippen LogP contribution in [0.2, 0.25) is 0 Å². The van der Waals surface area contributed by atoms with Crippen molar-refractivity contribution in [2.24, 2.45) is 0 Å². The molecule has 0 aliphatic carbocycles. The van der Waals surface area contributed by atoms with Crippen molar-refractivity contribution in [3.63, 3.8) is 0 Å². The van der Waals surface area contributed by atoms with Crippen LogP contribution >= 0.6 is 23.1 Å². The predicted molar refractivity (Wildman–Crippen MR) is 103 cm³/mol. The van der Waals surface area contributed by atoms with Crippen molar-refractivity contribution in [2.45, 2.75) is 17.7 Å². The third-order valence-corrected chi connectivity index (χ3v) is 5.49. The van der Waals surface area contributed by atoms with Gasteiger partial charge in [-0.25, -0.2) is 4.98 Å². The molecule has 1 N–H and O–H groups in total. The molecule has 3 nitrogen and oxygen atoms in total. The molecule has 0 aliphatic rings. The van der Waals surface area contributed by atoms with Crippen LogP contribution in [0.1, 0.15) is 23.4 Å². The Balaban J connectivity index is 1.97. The summed E-state index contributed by atoms with van der Waals surface area (Å²) in [6.45, 7) is 0.